The van der Waals surface area contributed by atoms with Gasteiger partial charge in [0.15, 0.2) is 11.5 Å². The maximum atomic E-state index is 9.95. The van der Waals surface area contributed by atoms with Gasteiger partial charge in [-0.1, -0.05) is 36.4 Å². The van der Waals surface area contributed by atoms with Gasteiger partial charge < -0.3 is 14.6 Å². The minimum absolute atomic E-state index is 0.148. The monoisotopic (exact) mass is 256 g/mol. The number of phenolic OH excluding ortho intramolecular Hbond substituents is 1. The number of para-hydroxylation sites is 1. The molecule has 0 radical (unpaired) electrons. The normalized spacial score (nSPS) is 10.6. The molecule has 98 valence electrons. The molecule has 2 rings (SSSR count). The first-order chi connectivity index (χ1) is 9.24. The van der Waals surface area contributed by atoms with Gasteiger partial charge >= 0.3 is 0 Å². The summed E-state index contributed by atoms with van der Waals surface area (Å²) in [7, 11) is 3.17. The fourth-order valence-electron chi connectivity index (χ4n) is 1.74. The Balaban J connectivity index is 2.22. The Morgan fingerprint density at radius 2 is 1.63 bits per heavy atom. The summed E-state index contributed by atoms with van der Waals surface area (Å²) in [5.41, 5.74) is 1.75. The maximum absolute atomic E-state index is 9.95. The van der Waals surface area contributed by atoms with Crippen molar-refractivity contribution >= 4 is 12.2 Å². The van der Waals surface area contributed by atoms with E-state index in [0.717, 1.165) is 16.9 Å². The van der Waals surface area contributed by atoms with Crippen LogP contribution in [0, 0.1) is 0 Å². The van der Waals surface area contributed by atoms with Crippen molar-refractivity contribution in [2.75, 3.05) is 14.2 Å². The molecule has 3 heteroatoms. The number of hydrogen-bond donors (Lipinski definition) is 1. The van der Waals surface area contributed by atoms with Crippen molar-refractivity contribution < 1.29 is 14.6 Å². The predicted octanol–water partition coefficient (Wildman–Crippen LogP) is 3.58. The number of benzene rings is 2. The number of hydrogen-bond acceptors (Lipinski definition) is 3. The van der Waals surface area contributed by atoms with Crippen LogP contribution in [0.4, 0.5) is 0 Å². The zero-order chi connectivity index (χ0) is 13.7. The molecule has 0 aliphatic rings. The van der Waals surface area contributed by atoms with E-state index in [9.17, 15) is 5.11 Å². The molecule has 0 bridgehead atoms. The van der Waals surface area contributed by atoms with Crippen molar-refractivity contribution in [3.8, 4) is 17.2 Å². The van der Waals surface area contributed by atoms with E-state index in [1.54, 1.807) is 13.2 Å². The van der Waals surface area contributed by atoms with E-state index in [1.165, 1.54) is 7.11 Å². The Labute approximate surface area is 112 Å². The van der Waals surface area contributed by atoms with Gasteiger partial charge in [-0.15, -0.1) is 0 Å². The van der Waals surface area contributed by atoms with Crippen LogP contribution in [0.3, 0.4) is 0 Å². The molecule has 0 saturated carbocycles. The second kappa shape index (κ2) is 5.96. The Bertz CT molecular complexity index is 571. The average Bonchev–Trinajstić information content (AvgIpc) is 2.47. The zero-order valence-corrected chi connectivity index (χ0v) is 11.0. The molecule has 0 saturated heterocycles. The van der Waals surface area contributed by atoms with Gasteiger partial charge in [0.25, 0.3) is 0 Å². The van der Waals surface area contributed by atoms with Crippen molar-refractivity contribution in [2.24, 2.45) is 0 Å². The molecule has 1 N–H and O–H groups in total. The molecule has 19 heavy (non-hydrogen) atoms. The second-order valence-corrected chi connectivity index (χ2v) is 4.00. The van der Waals surface area contributed by atoms with Gasteiger partial charge in [-0.3, -0.25) is 0 Å². The number of aromatic hydroxyl groups is 1. The van der Waals surface area contributed by atoms with Gasteiger partial charge in [0.2, 0.25) is 0 Å². The number of methoxy groups -OCH3 is 2. The molecule has 2 aromatic rings. The van der Waals surface area contributed by atoms with Crippen molar-refractivity contribution in [1.29, 1.82) is 0 Å². The summed E-state index contributed by atoms with van der Waals surface area (Å²) in [6.07, 6.45) is 3.77. The van der Waals surface area contributed by atoms with Crippen molar-refractivity contribution in [2.45, 2.75) is 0 Å². The topological polar surface area (TPSA) is 38.7 Å². The summed E-state index contributed by atoms with van der Waals surface area (Å²) in [6, 6.07) is 13.1. The smallest absolute Gasteiger partial charge is 0.165 e. The molecule has 0 spiro atoms. The first kappa shape index (κ1) is 13.0. The van der Waals surface area contributed by atoms with Crippen molar-refractivity contribution in [1.82, 2.24) is 0 Å². The van der Waals surface area contributed by atoms with Crippen LogP contribution < -0.4 is 9.47 Å². The van der Waals surface area contributed by atoms with Crippen LogP contribution in [0.15, 0.2) is 42.5 Å². The lowest BCUT2D eigenvalue weighted by Gasteiger charge is -2.05. The third-order valence-corrected chi connectivity index (χ3v) is 2.82. The molecule has 0 amide bonds. The third kappa shape index (κ3) is 3.07. The van der Waals surface area contributed by atoms with Crippen LogP contribution >= 0.6 is 0 Å². The second-order valence-electron chi connectivity index (χ2n) is 4.00. The minimum atomic E-state index is 0.148. The first-order valence-corrected chi connectivity index (χ1v) is 5.92. The van der Waals surface area contributed by atoms with Crippen LogP contribution in [0.1, 0.15) is 11.1 Å². The molecular formula is C16H16O3. The average molecular weight is 256 g/mol. The molecular weight excluding hydrogens is 240 g/mol. The van der Waals surface area contributed by atoms with Crippen LogP contribution in [-0.4, -0.2) is 19.3 Å². The highest BCUT2D eigenvalue weighted by atomic mass is 16.5. The quantitative estimate of drug-likeness (QED) is 0.850. The number of ether oxygens (including phenoxy) is 2. The van der Waals surface area contributed by atoms with E-state index in [2.05, 4.69) is 0 Å². The molecule has 2 aromatic carbocycles. The summed E-state index contributed by atoms with van der Waals surface area (Å²) >= 11 is 0. The van der Waals surface area contributed by atoms with E-state index >= 15 is 0 Å². The number of phenols is 1. The first-order valence-electron chi connectivity index (χ1n) is 5.92. The summed E-state index contributed by atoms with van der Waals surface area (Å²) < 4.78 is 10.2. The van der Waals surface area contributed by atoms with Crippen LogP contribution in [-0.2, 0) is 0 Å². The summed E-state index contributed by atoms with van der Waals surface area (Å²) in [6.45, 7) is 0. The molecule has 0 aromatic heterocycles. The molecule has 3 nitrogen and oxygen atoms in total. The molecule has 0 aliphatic heterocycles. The van der Waals surface area contributed by atoms with E-state index in [4.69, 9.17) is 9.47 Å². The SMILES string of the molecule is COc1ccc(C=Cc2cccc(OC)c2O)cc1. The highest BCUT2D eigenvalue weighted by Gasteiger charge is 2.03. The number of rotatable bonds is 4. The molecule has 0 fully saturated rings. The maximum Gasteiger partial charge on any atom is 0.165 e. The zero-order valence-electron chi connectivity index (χ0n) is 11.0. The van der Waals surface area contributed by atoms with Crippen LogP contribution in [0.5, 0.6) is 17.2 Å². The van der Waals surface area contributed by atoms with Crippen LogP contribution in [0.2, 0.25) is 0 Å². The van der Waals surface area contributed by atoms with Gasteiger partial charge in [0.05, 0.1) is 14.2 Å². The van der Waals surface area contributed by atoms with E-state index in [-0.39, 0.29) is 5.75 Å². The van der Waals surface area contributed by atoms with Gasteiger partial charge in [0.1, 0.15) is 5.75 Å². The fraction of sp³-hybridized carbons (Fsp3) is 0.125. The Morgan fingerprint density at radius 3 is 2.26 bits per heavy atom. The highest BCUT2D eigenvalue weighted by molar-refractivity contribution is 5.74. The summed E-state index contributed by atoms with van der Waals surface area (Å²) in [4.78, 5) is 0. The van der Waals surface area contributed by atoms with Crippen molar-refractivity contribution in [3.05, 3.63) is 53.6 Å². The predicted molar refractivity (Wildman–Crippen MR) is 76.6 cm³/mol. The van der Waals surface area contributed by atoms with Crippen molar-refractivity contribution in [3.63, 3.8) is 0 Å². The molecule has 0 unspecified atom stereocenters. The lowest BCUT2D eigenvalue weighted by atomic mass is 10.1. The van der Waals surface area contributed by atoms with Crippen LogP contribution in [0.25, 0.3) is 12.2 Å². The standard InChI is InChI=1S/C16H16O3/c1-18-14-10-7-12(8-11-14)6-9-13-4-3-5-15(19-2)16(13)17/h3-11,17H,1-2H3. The molecule has 0 aliphatic carbocycles. The van der Waals surface area contributed by atoms with Gasteiger partial charge in [-0.05, 0) is 23.8 Å². The van der Waals surface area contributed by atoms with E-state index in [0.29, 0.717) is 5.75 Å². The summed E-state index contributed by atoms with van der Waals surface area (Å²) in [5.74, 6) is 1.44. The Morgan fingerprint density at radius 1 is 0.895 bits per heavy atom. The highest BCUT2D eigenvalue weighted by Crippen LogP contribution is 2.30. The summed E-state index contributed by atoms with van der Waals surface area (Å²) in [5, 5.41) is 9.95. The van der Waals surface area contributed by atoms with Gasteiger partial charge in [0, 0.05) is 5.56 Å². The lowest BCUT2D eigenvalue weighted by molar-refractivity contribution is 0.373. The molecule has 0 atom stereocenters. The fourth-order valence-corrected chi connectivity index (χ4v) is 1.74. The van der Waals surface area contributed by atoms with E-state index < -0.39 is 0 Å². The molecule has 0 heterocycles. The largest absolute Gasteiger partial charge is 0.504 e. The van der Waals surface area contributed by atoms with Gasteiger partial charge in [-0.25, -0.2) is 0 Å². The third-order valence-electron chi connectivity index (χ3n) is 2.82. The minimum Gasteiger partial charge on any atom is -0.504 e. The Hall–Kier alpha value is -2.42. The van der Waals surface area contributed by atoms with E-state index in [1.807, 2.05) is 48.6 Å². The Kier molecular flexibility index (Phi) is 4.08. The lowest BCUT2D eigenvalue weighted by Crippen LogP contribution is -1.85. The van der Waals surface area contributed by atoms with Gasteiger partial charge in [-0.2, -0.15) is 0 Å².